The Hall–Kier alpha value is -2.43. The monoisotopic (exact) mass is 258 g/mol. The molecule has 5 nitrogen and oxygen atoms in total. The lowest BCUT2D eigenvalue weighted by Crippen LogP contribution is -2.15. The van der Waals surface area contributed by atoms with Gasteiger partial charge in [-0.2, -0.15) is 0 Å². The van der Waals surface area contributed by atoms with Crippen molar-refractivity contribution in [3.05, 3.63) is 42.7 Å². The van der Waals surface area contributed by atoms with Crippen molar-refractivity contribution in [1.29, 1.82) is 0 Å². The lowest BCUT2D eigenvalue weighted by molar-refractivity contribution is -0.145. The number of hydrogen-bond donors (Lipinski definition) is 0. The van der Waals surface area contributed by atoms with Crippen LogP contribution in [0.1, 0.15) is 6.92 Å². The highest BCUT2D eigenvalue weighted by Gasteiger charge is 2.05. The second kappa shape index (κ2) is 6.49. The SMILES string of the molecule is CCOC(=O)COc1ncc(-c2ccccc2)cn1. The molecular formula is C14H14N2O3. The fraction of sp³-hybridized carbons (Fsp3) is 0.214. The summed E-state index contributed by atoms with van der Waals surface area (Å²) >= 11 is 0. The lowest BCUT2D eigenvalue weighted by Gasteiger charge is -2.04. The van der Waals surface area contributed by atoms with Gasteiger partial charge < -0.3 is 9.47 Å². The van der Waals surface area contributed by atoms with Gasteiger partial charge in [0.25, 0.3) is 0 Å². The summed E-state index contributed by atoms with van der Waals surface area (Å²) in [6.45, 7) is 1.89. The summed E-state index contributed by atoms with van der Waals surface area (Å²) < 4.78 is 9.85. The van der Waals surface area contributed by atoms with Gasteiger partial charge in [-0.25, -0.2) is 14.8 Å². The van der Waals surface area contributed by atoms with Crippen LogP contribution in [-0.4, -0.2) is 29.2 Å². The van der Waals surface area contributed by atoms with Crippen molar-refractivity contribution in [3.8, 4) is 17.1 Å². The first-order valence-corrected chi connectivity index (χ1v) is 5.95. The molecule has 0 saturated carbocycles. The smallest absolute Gasteiger partial charge is 0.344 e. The molecule has 0 atom stereocenters. The molecule has 1 aromatic heterocycles. The highest BCUT2D eigenvalue weighted by Crippen LogP contribution is 2.17. The zero-order chi connectivity index (χ0) is 13.5. The van der Waals surface area contributed by atoms with Gasteiger partial charge in [-0.05, 0) is 12.5 Å². The molecule has 2 rings (SSSR count). The Morgan fingerprint density at radius 2 is 1.79 bits per heavy atom. The first-order valence-electron chi connectivity index (χ1n) is 5.95. The molecule has 0 radical (unpaired) electrons. The molecule has 0 spiro atoms. The normalized spacial score (nSPS) is 9.95. The molecule has 0 fully saturated rings. The third-order valence-electron chi connectivity index (χ3n) is 2.36. The van der Waals surface area contributed by atoms with Crippen molar-refractivity contribution in [2.75, 3.05) is 13.2 Å². The maximum absolute atomic E-state index is 11.1. The van der Waals surface area contributed by atoms with Gasteiger partial charge in [-0.3, -0.25) is 0 Å². The van der Waals surface area contributed by atoms with Gasteiger partial charge in [0.15, 0.2) is 6.61 Å². The molecule has 0 aliphatic heterocycles. The van der Waals surface area contributed by atoms with Crippen molar-refractivity contribution < 1.29 is 14.3 Å². The number of benzene rings is 1. The predicted octanol–water partition coefficient (Wildman–Crippen LogP) is 2.09. The lowest BCUT2D eigenvalue weighted by atomic mass is 10.1. The van der Waals surface area contributed by atoms with E-state index in [1.807, 2.05) is 30.3 Å². The van der Waals surface area contributed by atoms with Crippen LogP contribution in [0.25, 0.3) is 11.1 Å². The molecule has 2 aromatic rings. The minimum absolute atomic E-state index is 0.160. The van der Waals surface area contributed by atoms with Crippen LogP contribution in [0.5, 0.6) is 6.01 Å². The summed E-state index contributed by atoms with van der Waals surface area (Å²) in [5.74, 6) is -0.432. The molecule has 0 saturated heterocycles. The van der Waals surface area contributed by atoms with Crippen molar-refractivity contribution in [2.24, 2.45) is 0 Å². The molecule has 19 heavy (non-hydrogen) atoms. The second-order valence-corrected chi connectivity index (χ2v) is 3.71. The molecule has 98 valence electrons. The van der Waals surface area contributed by atoms with E-state index in [1.165, 1.54) is 0 Å². The maximum Gasteiger partial charge on any atom is 0.344 e. The Morgan fingerprint density at radius 1 is 1.11 bits per heavy atom. The molecule has 0 aliphatic rings. The van der Waals surface area contributed by atoms with Crippen LogP contribution in [-0.2, 0) is 9.53 Å². The topological polar surface area (TPSA) is 61.3 Å². The third kappa shape index (κ3) is 3.77. The van der Waals surface area contributed by atoms with Gasteiger partial charge in [0.05, 0.1) is 6.61 Å². The highest BCUT2D eigenvalue weighted by molar-refractivity contribution is 5.70. The molecular weight excluding hydrogens is 244 g/mol. The Labute approximate surface area is 111 Å². The van der Waals surface area contributed by atoms with E-state index in [0.717, 1.165) is 11.1 Å². The summed E-state index contributed by atoms with van der Waals surface area (Å²) in [7, 11) is 0. The quantitative estimate of drug-likeness (QED) is 0.768. The van der Waals surface area contributed by atoms with Crippen LogP contribution >= 0.6 is 0 Å². The first kappa shape index (κ1) is 13.0. The number of esters is 1. The van der Waals surface area contributed by atoms with E-state index in [9.17, 15) is 4.79 Å². The fourth-order valence-corrected chi connectivity index (χ4v) is 1.50. The van der Waals surface area contributed by atoms with E-state index in [4.69, 9.17) is 9.47 Å². The summed E-state index contributed by atoms with van der Waals surface area (Å²) in [4.78, 5) is 19.2. The summed E-state index contributed by atoms with van der Waals surface area (Å²) in [5, 5.41) is 0. The first-order chi connectivity index (χ1) is 9.29. The van der Waals surface area contributed by atoms with E-state index < -0.39 is 5.97 Å². The zero-order valence-electron chi connectivity index (χ0n) is 10.6. The number of rotatable bonds is 5. The van der Waals surface area contributed by atoms with Crippen molar-refractivity contribution in [1.82, 2.24) is 9.97 Å². The Kier molecular flexibility index (Phi) is 4.44. The fourth-order valence-electron chi connectivity index (χ4n) is 1.50. The van der Waals surface area contributed by atoms with Crippen molar-refractivity contribution in [2.45, 2.75) is 6.92 Å². The van der Waals surface area contributed by atoms with Crippen LogP contribution in [0, 0.1) is 0 Å². The van der Waals surface area contributed by atoms with E-state index in [1.54, 1.807) is 19.3 Å². The van der Waals surface area contributed by atoms with E-state index in [2.05, 4.69) is 9.97 Å². The van der Waals surface area contributed by atoms with E-state index in [-0.39, 0.29) is 12.6 Å². The van der Waals surface area contributed by atoms with Crippen LogP contribution in [0.4, 0.5) is 0 Å². The van der Waals surface area contributed by atoms with Gasteiger partial charge in [-0.15, -0.1) is 0 Å². The van der Waals surface area contributed by atoms with Crippen LogP contribution < -0.4 is 4.74 Å². The van der Waals surface area contributed by atoms with Gasteiger partial charge in [0.2, 0.25) is 0 Å². The maximum atomic E-state index is 11.1. The average Bonchev–Trinajstić information content (AvgIpc) is 2.47. The Morgan fingerprint density at radius 3 is 2.42 bits per heavy atom. The van der Waals surface area contributed by atoms with Crippen molar-refractivity contribution in [3.63, 3.8) is 0 Å². The number of carbonyl (C=O) groups is 1. The predicted molar refractivity (Wildman–Crippen MR) is 69.6 cm³/mol. The highest BCUT2D eigenvalue weighted by atomic mass is 16.6. The molecule has 1 heterocycles. The molecule has 0 aliphatic carbocycles. The van der Waals surface area contributed by atoms with E-state index in [0.29, 0.717) is 6.61 Å². The van der Waals surface area contributed by atoms with Crippen LogP contribution in [0.2, 0.25) is 0 Å². The van der Waals surface area contributed by atoms with Crippen LogP contribution in [0.15, 0.2) is 42.7 Å². The second-order valence-electron chi connectivity index (χ2n) is 3.71. The summed E-state index contributed by atoms with van der Waals surface area (Å²) in [5.41, 5.74) is 1.92. The third-order valence-corrected chi connectivity index (χ3v) is 2.36. The Balaban J connectivity index is 1.97. The minimum atomic E-state index is -0.432. The van der Waals surface area contributed by atoms with Gasteiger partial charge >= 0.3 is 12.0 Å². The van der Waals surface area contributed by atoms with Crippen molar-refractivity contribution >= 4 is 5.97 Å². The molecule has 1 aromatic carbocycles. The van der Waals surface area contributed by atoms with Gasteiger partial charge in [-0.1, -0.05) is 30.3 Å². The number of hydrogen-bond acceptors (Lipinski definition) is 5. The summed E-state index contributed by atoms with van der Waals surface area (Å²) in [6.07, 6.45) is 3.31. The number of nitrogens with zero attached hydrogens (tertiary/aromatic N) is 2. The Bertz CT molecular complexity index is 526. The largest absolute Gasteiger partial charge is 0.463 e. The number of carbonyl (C=O) groups excluding carboxylic acids is 1. The van der Waals surface area contributed by atoms with Gasteiger partial charge in [0, 0.05) is 18.0 Å². The number of aromatic nitrogens is 2. The molecule has 0 unspecified atom stereocenters. The molecule has 0 amide bonds. The number of ether oxygens (including phenoxy) is 2. The molecule has 5 heteroatoms. The average molecular weight is 258 g/mol. The summed E-state index contributed by atoms with van der Waals surface area (Å²) in [6, 6.07) is 9.94. The standard InChI is InChI=1S/C14H14N2O3/c1-2-18-13(17)10-19-14-15-8-12(9-16-14)11-6-4-3-5-7-11/h3-9H,2,10H2,1H3. The molecule has 0 N–H and O–H groups in total. The van der Waals surface area contributed by atoms with Crippen LogP contribution in [0.3, 0.4) is 0 Å². The minimum Gasteiger partial charge on any atom is -0.463 e. The zero-order valence-corrected chi connectivity index (χ0v) is 10.6. The van der Waals surface area contributed by atoms with Gasteiger partial charge in [0.1, 0.15) is 0 Å². The molecule has 0 bridgehead atoms. The van der Waals surface area contributed by atoms with E-state index >= 15 is 0 Å².